The average molecular weight is 280 g/mol. The number of ether oxygens (including phenoxy) is 1. The van der Waals surface area contributed by atoms with Crippen LogP contribution in [0.5, 0.6) is 0 Å². The molecule has 100 valence electrons. The lowest BCUT2D eigenvalue weighted by Crippen LogP contribution is -2.36. The lowest BCUT2D eigenvalue weighted by molar-refractivity contribution is 0.0336. The molecule has 1 fully saturated rings. The Morgan fingerprint density at radius 3 is 2.89 bits per heavy atom. The van der Waals surface area contributed by atoms with Crippen LogP contribution in [0.3, 0.4) is 0 Å². The van der Waals surface area contributed by atoms with Crippen LogP contribution in [-0.4, -0.2) is 40.6 Å². The van der Waals surface area contributed by atoms with Crippen LogP contribution in [0.15, 0.2) is 29.1 Å². The molecular weight excluding hydrogens is 266 g/mol. The van der Waals surface area contributed by atoms with E-state index < -0.39 is 0 Å². The van der Waals surface area contributed by atoms with Gasteiger partial charge in [-0.25, -0.2) is 4.98 Å². The molecule has 0 radical (unpaired) electrons. The number of morpholine rings is 1. The summed E-state index contributed by atoms with van der Waals surface area (Å²) in [5.74, 6) is 0. The number of aromatic nitrogens is 2. The zero-order valence-corrected chi connectivity index (χ0v) is 11.1. The third-order valence-electron chi connectivity index (χ3n) is 3.18. The zero-order valence-electron chi connectivity index (χ0n) is 10.4. The van der Waals surface area contributed by atoms with Crippen LogP contribution < -0.4 is 5.56 Å². The molecule has 6 heteroatoms. The van der Waals surface area contributed by atoms with E-state index in [4.69, 9.17) is 16.3 Å². The molecule has 1 aliphatic heterocycles. The number of nitrogens with zero attached hydrogens (tertiary/aromatic N) is 3. The number of pyridine rings is 1. The van der Waals surface area contributed by atoms with E-state index in [1.807, 2.05) is 0 Å². The number of rotatable bonds is 2. The Bertz CT molecular complexity index is 650. The lowest BCUT2D eigenvalue weighted by atomic mass is 10.3. The van der Waals surface area contributed by atoms with E-state index >= 15 is 0 Å². The SMILES string of the molecule is O=c1cc(CN2CCOCC2)nc2cccc(Cl)n12. The average Bonchev–Trinajstić information content (AvgIpc) is 2.39. The van der Waals surface area contributed by atoms with Crippen molar-refractivity contribution in [3.63, 3.8) is 0 Å². The van der Waals surface area contributed by atoms with E-state index in [2.05, 4.69) is 9.88 Å². The van der Waals surface area contributed by atoms with Gasteiger partial charge in [0.05, 0.1) is 18.9 Å². The Hall–Kier alpha value is -1.43. The van der Waals surface area contributed by atoms with Crippen molar-refractivity contribution < 1.29 is 4.74 Å². The smallest absolute Gasteiger partial charge is 0.259 e. The van der Waals surface area contributed by atoms with Gasteiger partial charge in [-0.2, -0.15) is 0 Å². The topological polar surface area (TPSA) is 46.8 Å². The highest BCUT2D eigenvalue weighted by molar-refractivity contribution is 6.29. The van der Waals surface area contributed by atoms with Crippen molar-refractivity contribution in [3.05, 3.63) is 45.5 Å². The largest absolute Gasteiger partial charge is 0.379 e. The van der Waals surface area contributed by atoms with E-state index in [1.165, 1.54) is 4.40 Å². The number of fused-ring (bicyclic) bond motifs is 1. The molecule has 5 nitrogen and oxygen atoms in total. The molecule has 1 saturated heterocycles. The normalized spacial score (nSPS) is 16.9. The van der Waals surface area contributed by atoms with Crippen molar-refractivity contribution in [2.45, 2.75) is 6.54 Å². The van der Waals surface area contributed by atoms with Crippen LogP contribution in [0, 0.1) is 0 Å². The third kappa shape index (κ3) is 2.63. The first-order valence-corrected chi connectivity index (χ1v) is 6.59. The maximum absolute atomic E-state index is 12.1. The van der Waals surface area contributed by atoms with E-state index in [9.17, 15) is 4.79 Å². The number of hydrogen-bond acceptors (Lipinski definition) is 4. The van der Waals surface area contributed by atoms with Gasteiger partial charge in [0.25, 0.3) is 5.56 Å². The quantitative estimate of drug-likeness (QED) is 0.775. The third-order valence-corrected chi connectivity index (χ3v) is 3.47. The summed E-state index contributed by atoms with van der Waals surface area (Å²) < 4.78 is 6.71. The maximum atomic E-state index is 12.1. The van der Waals surface area contributed by atoms with Crippen LogP contribution >= 0.6 is 11.6 Å². The Balaban J connectivity index is 1.94. The highest BCUT2D eigenvalue weighted by Crippen LogP contribution is 2.10. The van der Waals surface area contributed by atoms with Gasteiger partial charge in [0, 0.05) is 25.7 Å². The van der Waals surface area contributed by atoms with Gasteiger partial charge < -0.3 is 4.74 Å². The molecule has 1 aliphatic rings. The molecule has 2 aromatic heterocycles. The van der Waals surface area contributed by atoms with Crippen molar-refractivity contribution in [3.8, 4) is 0 Å². The molecule has 0 aromatic carbocycles. The predicted octanol–water partition coefficient (Wildman–Crippen LogP) is 1.18. The van der Waals surface area contributed by atoms with E-state index in [0.717, 1.165) is 32.0 Å². The Labute approximate surface area is 115 Å². The molecule has 3 heterocycles. The lowest BCUT2D eigenvalue weighted by Gasteiger charge is -2.26. The second kappa shape index (κ2) is 5.28. The van der Waals surface area contributed by atoms with E-state index in [1.54, 1.807) is 24.3 Å². The summed E-state index contributed by atoms with van der Waals surface area (Å²) in [5, 5.41) is 0.382. The molecule has 19 heavy (non-hydrogen) atoms. The summed E-state index contributed by atoms with van der Waals surface area (Å²) in [7, 11) is 0. The Morgan fingerprint density at radius 2 is 2.11 bits per heavy atom. The monoisotopic (exact) mass is 279 g/mol. The Kier molecular flexibility index (Phi) is 3.50. The molecule has 0 amide bonds. The van der Waals surface area contributed by atoms with Crippen LogP contribution in [0.4, 0.5) is 0 Å². The van der Waals surface area contributed by atoms with Gasteiger partial charge in [0.1, 0.15) is 10.8 Å². The van der Waals surface area contributed by atoms with Crippen molar-refractivity contribution in [1.82, 2.24) is 14.3 Å². The summed E-state index contributed by atoms with van der Waals surface area (Å²) >= 11 is 6.00. The summed E-state index contributed by atoms with van der Waals surface area (Å²) in [6.45, 7) is 3.88. The fourth-order valence-electron chi connectivity index (χ4n) is 2.23. The van der Waals surface area contributed by atoms with Gasteiger partial charge in [-0.15, -0.1) is 0 Å². The molecule has 0 saturated carbocycles. The van der Waals surface area contributed by atoms with Gasteiger partial charge in [0.15, 0.2) is 0 Å². The fraction of sp³-hybridized carbons (Fsp3) is 0.385. The second-order valence-corrected chi connectivity index (χ2v) is 4.90. The molecule has 3 rings (SSSR count). The first-order valence-electron chi connectivity index (χ1n) is 6.21. The summed E-state index contributed by atoms with van der Waals surface area (Å²) in [6.07, 6.45) is 0. The number of hydrogen-bond donors (Lipinski definition) is 0. The first-order chi connectivity index (χ1) is 9.24. The molecule has 2 aromatic rings. The molecule has 0 bridgehead atoms. The zero-order chi connectivity index (χ0) is 13.2. The molecule has 0 N–H and O–H groups in total. The van der Waals surface area contributed by atoms with E-state index in [-0.39, 0.29) is 5.56 Å². The van der Waals surface area contributed by atoms with Gasteiger partial charge in [0.2, 0.25) is 0 Å². The van der Waals surface area contributed by atoms with Gasteiger partial charge in [-0.3, -0.25) is 14.1 Å². The Morgan fingerprint density at radius 1 is 1.32 bits per heavy atom. The predicted molar refractivity (Wildman–Crippen MR) is 72.6 cm³/mol. The van der Waals surface area contributed by atoms with Gasteiger partial charge in [-0.1, -0.05) is 17.7 Å². The van der Waals surface area contributed by atoms with Crippen LogP contribution in [0.2, 0.25) is 5.15 Å². The molecule has 0 atom stereocenters. The van der Waals surface area contributed by atoms with Gasteiger partial charge in [-0.05, 0) is 12.1 Å². The highest BCUT2D eigenvalue weighted by Gasteiger charge is 2.12. The standard InChI is InChI=1S/C13H14ClN3O2/c14-11-2-1-3-12-15-10(8-13(18)17(11)12)9-16-4-6-19-7-5-16/h1-3,8H,4-7,9H2. The molecule has 0 aliphatic carbocycles. The molecular formula is C13H14ClN3O2. The number of halogens is 1. The van der Waals surface area contributed by atoms with Crippen molar-refractivity contribution >= 4 is 17.2 Å². The van der Waals surface area contributed by atoms with Crippen molar-refractivity contribution in [1.29, 1.82) is 0 Å². The molecule has 0 spiro atoms. The minimum absolute atomic E-state index is 0.140. The first kappa shape index (κ1) is 12.6. The van der Waals surface area contributed by atoms with Crippen LogP contribution in [-0.2, 0) is 11.3 Å². The summed E-state index contributed by atoms with van der Waals surface area (Å²) in [4.78, 5) is 18.8. The summed E-state index contributed by atoms with van der Waals surface area (Å²) in [5.41, 5.74) is 1.22. The van der Waals surface area contributed by atoms with E-state index in [0.29, 0.717) is 17.3 Å². The fourth-order valence-corrected chi connectivity index (χ4v) is 2.48. The van der Waals surface area contributed by atoms with Crippen molar-refractivity contribution in [2.75, 3.05) is 26.3 Å². The minimum atomic E-state index is -0.140. The molecule has 0 unspecified atom stereocenters. The van der Waals surface area contributed by atoms with Crippen molar-refractivity contribution in [2.24, 2.45) is 0 Å². The minimum Gasteiger partial charge on any atom is -0.379 e. The second-order valence-electron chi connectivity index (χ2n) is 4.52. The van der Waals surface area contributed by atoms with Crippen LogP contribution in [0.25, 0.3) is 5.65 Å². The van der Waals surface area contributed by atoms with Crippen LogP contribution in [0.1, 0.15) is 5.69 Å². The maximum Gasteiger partial charge on any atom is 0.259 e. The highest BCUT2D eigenvalue weighted by atomic mass is 35.5. The summed E-state index contributed by atoms with van der Waals surface area (Å²) in [6, 6.07) is 6.81. The van der Waals surface area contributed by atoms with Gasteiger partial charge >= 0.3 is 0 Å².